The minimum atomic E-state index is -4.83. The Balaban J connectivity index is 2.05. The largest absolute Gasteiger partial charge is 0.573 e. The highest BCUT2D eigenvalue weighted by Gasteiger charge is 2.32. The van der Waals surface area contributed by atoms with Gasteiger partial charge in [0.05, 0.1) is 17.2 Å². The average molecular weight is 354 g/mol. The molecule has 0 aromatic heterocycles. The molecule has 7 nitrogen and oxygen atoms in total. The Labute approximate surface area is 140 Å². The van der Waals surface area contributed by atoms with Gasteiger partial charge >= 0.3 is 6.36 Å². The summed E-state index contributed by atoms with van der Waals surface area (Å²) in [5, 5.41) is 13.1. The molecule has 0 saturated carbocycles. The van der Waals surface area contributed by atoms with Crippen molar-refractivity contribution < 1.29 is 22.8 Å². The summed E-state index contributed by atoms with van der Waals surface area (Å²) in [5.74, 6) is -0.569. The third kappa shape index (κ3) is 5.68. The number of nitro benzene ring substituents is 1. The molecule has 0 amide bonds. The maximum atomic E-state index is 12.4. The molecule has 10 heteroatoms. The predicted octanol–water partition coefficient (Wildman–Crippen LogP) is 3.42. The number of rotatable bonds is 5. The van der Waals surface area contributed by atoms with Crippen LogP contribution in [-0.2, 0) is 6.54 Å². The number of halogens is 3. The zero-order chi connectivity index (χ0) is 18.4. The van der Waals surface area contributed by atoms with Crippen LogP contribution in [0.3, 0.4) is 0 Å². The molecule has 0 radical (unpaired) electrons. The third-order valence-corrected chi connectivity index (χ3v) is 2.95. The molecule has 0 aliphatic heterocycles. The first-order valence-electron chi connectivity index (χ1n) is 6.89. The molecule has 25 heavy (non-hydrogen) atoms. The van der Waals surface area contributed by atoms with Gasteiger partial charge in [-0.1, -0.05) is 24.3 Å². The molecule has 0 heterocycles. The molecule has 0 unspecified atom stereocenters. The van der Waals surface area contributed by atoms with Gasteiger partial charge in [0.1, 0.15) is 0 Å². The number of anilines is 1. The summed E-state index contributed by atoms with van der Waals surface area (Å²) in [4.78, 5) is 14.0. The number of non-ortho nitro benzene ring substituents is 1. The van der Waals surface area contributed by atoms with Gasteiger partial charge in [-0.25, -0.2) is 4.99 Å². The molecular weight excluding hydrogens is 341 g/mol. The van der Waals surface area contributed by atoms with Crippen molar-refractivity contribution in [3.63, 3.8) is 0 Å². The Kier molecular flexibility index (Phi) is 5.42. The number of nitro groups is 1. The molecule has 0 spiro atoms. The first kappa shape index (κ1) is 18.0. The Morgan fingerprint density at radius 3 is 2.44 bits per heavy atom. The second-order valence-electron chi connectivity index (χ2n) is 4.79. The van der Waals surface area contributed by atoms with E-state index in [0.29, 0.717) is 5.56 Å². The van der Waals surface area contributed by atoms with Crippen molar-refractivity contribution in [2.45, 2.75) is 12.9 Å². The number of ether oxygens (including phenoxy) is 1. The van der Waals surface area contributed by atoms with Crippen LogP contribution in [0.1, 0.15) is 5.56 Å². The SMILES string of the molecule is NC(=NCc1ccc([N+](=O)[O-])cc1)Nc1ccccc1OC(F)(F)F. The number of hydrogen-bond donors (Lipinski definition) is 2. The van der Waals surface area contributed by atoms with Crippen molar-refractivity contribution in [3.8, 4) is 5.75 Å². The molecule has 2 aromatic carbocycles. The predicted molar refractivity (Wildman–Crippen MR) is 85.2 cm³/mol. The van der Waals surface area contributed by atoms with E-state index in [-0.39, 0.29) is 23.9 Å². The molecule has 0 fully saturated rings. The Bertz CT molecular complexity index is 776. The van der Waals surface area contributed by atoms with Crippen LogP contribution in [0.4, 0.5) is 24.5 Å². The molecular formula is C15H13F3N4O3. The van der Waals surface area contributed by atoms with Gasteiger partial charge in [0.2, 0.25) is 0 Å². The average Bonchev–Trinajstić information content (AvgIpc) is 2.54. The number of hydrogen-bond acceptors (Lipinski definition) is 4. The van der Waals surface area contributed by atoms with E-state index in [1.807, 2.05) is 0 Å². The topological polar surface area (TPSA) is 103 Å². The lowest BCUT2D eigenvalue weighted by Crippen LogP contribution is -2.24. The van der Waals surface area contributed by atoms with Crippen molar-refractivity contribution in [1.29, 1.82) is 0 Å². The van der Waals surface area contributed by atoms with Crippen LogP contribution in [0.2, 0.25) is 0 Å². The van der Waals surface area contributed by atoms with E-state index >= 15 is 0 Å². The van der Waals surface area contributed by atoms with Gasteiger partial charge in [-0.15, -0.1) is 13.2 Å². The molecule has 2 aromatic rings. The molecule has 2 rings (SSSR count). The number of para-hydroxylation sites is 2. The van der Waals surface area contributed by atoms with Crippen LogP contribution in [0.15, 0.2) is 53.5 Å². The zero-order valence-corrected chi connectivity index (χ0v) is 12.7. The van der Waals surface area contributed by atoms with Crippen molar-refractivity contribution >= 4 is 17.3 Å². The van der Waals surface area contributed by atoms with Crippen LogP contribution in [0.25, 0.3) is 0 Å². The maximum absolute atomic E-state index is 12.4. The van der Waals surface area contributed by atoms with E-state index in [0.717, 1.165) is 6.07 Å². The Morgan fingerprint density at radius 1 is 1.20 bits per heavy atom. The van der Waals surface area contributed by atoms with E-state index in [4.69, 9.17) is 5.73 Å². The molecule has 3 N–H and O–H groups in total. The summed E-state index contributed by atoms with van der Waals surface area (Å²) in [7, 11) is 0. The van der Waals surface area contributed by atoms with E-state index in [2.05, 4.69) is 15.0 Å². The van der Waals surface area contributed by atoms with Crippen molar-refractivity contribution in [2.75, 3.05) is 5.32 Å². The molecule has 0 saturated heterocycles. The van der Waals surface area contributed by atoms with E-state index in [1.54, 1.807) is 0 Å². The molecule has 0 atom stereocenters. The lowest BCUT2D eigenvalue weighted by Gasteiger charge is -2.14. The first-order valence-corrected chi connectivity index (χ1v) is 6.89. The molecule has 0 aliphatic carbocycles. The lowest BCUT2D eigenvalue weighted by molar-refractivity contribution is -0.384. The van der Waals surface area contributed by atoms with Gasteiger partial charge in [-0.2, -0.15) is 0 Å². The monoisotopic (exact) mass is 354 g/mol. The summed E-state index contributed by atoms with van der Waals surface area (Å²) in [6.07, 6.45) is -4.83. The molecule has 0 aliphatic rings. The highest BCUT2D eigenvalue weighted by Crippen LogP contribution is 2.29. The van der Waals surface area contributed by atoms with Gasteiger partial charge in [0.25, 0.3) is 5.69 Å². The van der Waals surface area contributed by atoms with Crippen LogP contribution >= 0.6 is 0 Å². The molecule has 132 valence electrons. The van der Waals surface area contributed by atoms with Gasteiger partial charge in [0, 0.05) is 12.1 Å². The summed E-state index contributed by atoms with van der Waals surface area (Å²) in [6, 6.07) is 11.0. The van der Waals surface area contributed by atoms with Crippen molar-refractivity contribution in [1.82, 2.24) is 0 Å². The fourth-order valence-electron chi connectivity index (χ4n) is 1.86. The second kappa shape index (κ2) is 7.51. The fourth-order valence-corrected chi connectivity index (χ4v) is 1.86. The zero-order valence-electron chi connectivity index (χ0n) is 12.7. The quantitative estimate of drug-likeness (QED) is 0.371. The smallest absolute Gasteiger partial charge is 0.404 e. The number of nitrogens with two attached hydrogens (primary N) is 1. The lowest BCUT2D eigenvalue weighted by atomic mass is 10.2. The van der Waals surface area contributed by atoms with Gasteiger partial charge in [-0.3, -0.25) is 10.1 Å². The summed E-state index contributed by atoms with van der Waals surface area (Å²) >= 11 is 0. The van der Waals surface area contributed by atoms with E-state index < -0.39 is 17.0 Å². The van der Waals surface area contributed by atoms with Crippen LogP contribution in [-0.4, -0.2) is 17.2 Å². The van der Waals surface area contributed by atoms with Crippen molar-refractivity contribution in [3.05, 3.63) is 64.2 Å². The van der Waals surface area contributed by atoms with Gasteiger partial charge in [0.15, 0.2) is 11.7 Å². The van der Waals surface area contributed by atoms with E-state index in [9.17, 15) is 23.3 Å². The number of benzene rings is 2. The first-order chi connectivity index (χ1) is 11.7. The van der Waals surface area contributed by atoms with Crippen molar-refractivity contribution in [2.24, 2.45) is 10.7 Å². The number of nitrogens with one attached hydrogen (secondary N) is 1. The van der Waals surface area contributed by atoms with Crippen LogP contribution in [0.5, 0.6) is 5.75 Å². The maximum Gasteiger partial charge on any atom is 0.573 e. The van der Waals surface area contributed by atoms with Gasteiger partial charge < -0.3 is 15.8 Å². The minimum absolute atomic E-state index is 0.00442. The number of alkyl halides is 3. The highest BCUT2D eigenvalue weighted by atomic mass is 19.4. The van der Waals surface area contributed by atoms with E-state index in [1.165, 1.54) is 42.5 Å². The third-order valence-electron chi connectivity index (χ3n) is 2.95. The normalized spacial score (nSPS) is 11.9. The van der Waals surface area contributed by atoms with Gasteiger partial charge in [-0.05, 0) is 17.7 Å². The minimum Gasteiger partial charge on any atom is -0.404 e. The standard InChI is InChI=1S/C15H13F3N4O3/c16-15(17,18)25-13-4-2-1-3-12(13)21-14(19)20-9-10-5-7-11(8-6-10)22(23)24/h1-8H,9H2,(H3,19,20,21). The van der Waals surface area contributed by atoms with Crippen LogP contribution in [0, 0.1) is 10.1 Å². The number of nitrogens with zero attached hydrogens (tertiary/aromatic N) is 2. The Hall–Kier alpha value is -3.30. The summed E-state index contributed by atoms with van der Waals surface area (Å²) < 4.78 is 41.0. The number of aliphatic imine (C=N–C) groups is 1. The number of guanidine groups is 1. The molecule has 0 bridgehead atoms. The Morgan fingerprint density at radius 2 is 1.84 bits per heavy atom. The summed E-state index contributed by atoms with van der Waals surface area (Å²) in [5.41, 5.74) is 6.25. The second-order valence-corrected chi connectivity index (χ2v) is 4.79. The van der Waals surface area contributed by atoms with Crippen LogP contribution < -0.4 is 15.8 Å². The highest BCUT2D eigenvalue weighted by molar-refractivity contribution is 5.93. The fraction of sp³-hybridized carbons (Fsp3) is 0.133. The summed E-state index contributed by atoms with van der Waals surface area (Å²) in [6.45, 7) is 0.0964.